The number of pyridine rings is 1. The highest BCUT2D eigenvalue weighted by molar-refractivity contribution is 7.21. The van der Waals surface area contributed by atoms with Crippen LogP contribution < -0.4 is 0 Å². The lowest BCUT2D eigenvalue weighted by Crippen LogP contribution is -2.06. The van der Waals surface area contributed by atoms with Crippen molar-refractivity contribution in [3.63, 3.8) is 0 Å². The highest BCUT2D eigenvalue weighted by Gasteiger charge is 2.18. The van der Waals surface area contributed by atoms with Crippen LogP contribution >= 0.6 is 22.9 Å². The lowest BCUT2D eigenvalue weighted by atomic mass is 10.1. The molecule has 28 heavy (non-hydrogen) atoms. The summed E-state index contributed by atoms with van der Waals surface area (Å²) in [5, 5.41) is 1.33. The third-order valence-corrected chi connectivity index (χ3v) is 6.38. The van der Waals surface area contributed by atoms with Crippen LogP contribution in [0.3, 0.4) is 0 Å². The summed E-state index contributed by atoms with van der Waals surface area (Å²) in [7, 11) is 1.36. The fraction of sp³-hybridized carbons (Fsp3) is 0.286. The summed E-state index contributed by atoms with van der Waals surface area (Å²) in [5.74, 6) is 0.648. The zero-order valence-electron chi connectivity index (χ0n) is 15.7. The van der Waals surface area contributed by atoms with E-state index < -0.39 is 5.97 Å². The van der Waals surface area contributed by atoms with E-state index in [9.17, 15) is 4.79 Å². The number of carbonyl (C=O) groups excluding carboxylic acids is 1. The SMILES string of the molecule is CCCCc1nc2cccnc2n1Cc1ccc2c(Cl)c(C(=O)OC)sc2c1. The number of hydrogen-bond donors (Lipinski definition) is 0. The molecule has 0 radical (unpaired) electrons. The van der Waals surface area contributed by atoms with E-state index in [4.69, 9.17) is 21.3 Å². The lowest BCUT2D eigenvalue weighted by Gasteiger charge is -2.09. The van der Waals surface area contributed by atoms with Crippen molar-refractivity contribution < 1.29 is 9.53 Å². The first-order valence-electron chi connectivity index (χ1n) is 9.21. The normalized spacial score (nSPS) is 11.4. The van der Waals surface area contributed by atoms with Crippen LogP contribution in [0.4, 0.5) is 0 Å². The highest BCUT2D eigenvalue weighted by Crippen LogP contribution is 2.36. The van der Waals surface area contributed by atoms with Gasteiger partial charge in [-0.15, -0.1) is 11.3 Å². The highest BCUT2D eigenvalue weighted by atomic mass is 35.5. The van der Waals surface area contributed by atoms with Crippen LogP contribution in [-0.2, 0) is 17.7 Å². The fourth-order valence-corrected chi connectivity index (χ4v) is 4.80. The molecule has 0 saturated carbocycles. The number of esters is 1. The summed E-state index contributed by atoms with van der Waals surface area (Å²) in [6.45, 7) is 2.85. The summed E-state index contributed by atoms with van der Waals surface area (Å²) >= 11 is 7.73. The van der Waals surface area contributed by atoms with Crippen molar-refractivity contribution in [1.29, 1.82) is 0 Å². The molecule has 3 heterocycles. The number of ether oxygens (including phenoxy) is 1. The molecule has 0 atom stereocenters. The van der Waals surface area contributed by atoms with E-state index in [1.165, 1.54) is 18.4 Å². The van der Waals surface area contributed by atoms with E-state index in [1.54, 1.807) is 6.20 Å². The fourth-order valence-electron chi connectivity index (χ4n) is 3.31. The maximum absolute atomic E-state index is 11.9. The van der Waals surface area contributed by atoms with Gasteiger partial charge < -0.3 is 9.30 Å². The van der Waals surface area contributed by atoms with Crippen LogP contribution in [-0.4, -0.2) is 27.6 Å². The van der Waals surface area contributed by atoms with Gasteiger partial charge in [0.2, 0.25) is 0 Å². The number of aromatic nitrogens is 3. The van der Waals surface area contributed by atoms with Crippen LogP contribution in [0.25, 0.3) is 21.3 Å². The average molecular weight is 414 g/mol. The molecule has 0 aliphatic rings. The summed E-state index contributed by atoms with van der Waals surface area (Å²) in [4.78, 5) is 21.7. The van der Waals surface area contributed by atoms with Crippen molar-refractivity contribution in [2.24, 2.45) is 0 Å². The number of imidazole rings is 1. The Labute approximate surface area is 171 Å². The van der Waals surface area contributed by atoms with Gasteiger partial charge in [-0.25, -0.2) is 14.8 Å². The number of benzene rings is 1. The molecule has 0 bridgehead atoms. The Bertz CT molecular complexity index is 1170. The third kappa shape index (κ3) is 3.38. The molecular formula is C21H20ClN3O2S. The molecule has 0 saturated heterocycles. The number of thiophene rings is 1. The molecule has 7 heteroatoms. The second kappa shape index (κ2) is 7.89. The number of nitrogens with zero attached hydrogens (tertiary/aromatic N) is 3. The van der Waals surface area contributed by atoms with Gasteiger partial charge >= 0.3 is 5.97 Å². The van der Waals surface area contributed by atoms with Gasteiger partial charge in [0.15, 0.2) is 5.65 Å². The van der Waals surface area contributed by atoms with Crippen LogP contribution in [0.1, 0.15) is 40.8 Å². The summed E-state index contributed by atoms with van der Waals surface area (Å²) in [5.41, 5.74) is 2.93. The first kappa shape index (κ1) is 18.9. The number of halogens is 1. The molecule has 4 rings (SSSR count). The number of methoxy groups -OCH3 is 1. The number of fused-ring (bicyclic) bond motifs is 2. The number of rotatable bonds is 6. The maximum Gasteiger partial charge on any atom is 0.349 e. The van der Waals surface area contributed by atoms with Crippen LogP contribution in [0, 0.1) is 0 Å². The minimum atomic E-state index is -0.403. The zero-order chi connectivity index (χ0) is 19.7. The molecule has 0 unspecified atom stereocenters. The number of hydrogen-bond acceptors (Lipinski definition) is 5. The van der Waals surface area contributed by atoms with Crippen molar-refractivity contribution in [3.8, 4) is 0 Å². The molecule has 144 valence electrons. The average Bonchev–Trinajstić information content (AvgIpc) is 3.23. The Morgan fingerprint density at radius 2 is 2.18 bits per heavy atom. The topological polar surface area (TPSA) is 57.0 Å². The first-order chi connectivity index (χ1) is 13.6. The van der Waals surface area contributed by atoms with Crippen LogP contribution in [0.5, 0.6) is 0 Å². The Hall–Kier alpha value is -2.44. The van der Waals surface area contributed by atoms with Crippen LogP contribution in [0.15, 0.2) is 36.5 Å². The second-order valence-electron chi connectivity index (χ2n) is 6.63. The van der Waals surface area contributed by atoms with Crippen molar-refractivity contribution in [2.45, 2.75) is 32.7 Å². The number of unbranched alkanes of at least 4 members (excludes halogenated alkanes) is 1. The Balaban J connectivity index is 1.74. The van der Waals surface area contributed by atoms with E-state index in [-0.39, 0.29) is 0 Å². The molecule has 1 aromatic carbocycles. The Morgan fingerprint density at radius 1 is 1.32 bits per heavy atom. The minimum absolute atomic E-state index is 0.403. The molecule has 0 amide bonds. The van der Waals surface area contributed by atoms with Crippen molar-refractivity contribution >= 4 is 50.2 Å². The first-order valence-corrected chi connectivity index (χ1v) is 10.4. The maximum atomic E-state index is 11.9. The zero-order valence-corrected chi connectivity index (χ0v) is 17.3. The van der Waals surface area contributed by atoms with Gasteiger partial charge in [0.05, 0.1) is 18.7 Å². The predicted octanol–water partition coefficient (Wildman–Crippen LogP) is 5.48. The van der Waals surface area contributed by atoms with E-state index >= 15 is 0 Å². The third-order valence-electron chi connectivity index (χ3n) is 4.74. The standard InChI is InChI=1S/C21H20ClN3O2S/c1-3-4-7-17-24-15-6-5-10-23-20(15)25(17)12-13-8-9-14-16(11-13)28-19(18(14)22)21(26)27-2/h5-6,8-11H,3-4,7,12H2,1-2H3. The van der Waals surface area contributed by atoms with Crippen molar-refractivity contribution in [1.82, 2.24) is 14.5 Å². The van der Waals surface area contributed by atoms with E-state index in [1.807, 2.05) is 24.3 Å². The van der Waals surface area contributed by atoms with E-state index in [2.05, 4.69) is 22.5 Å². The molecule has 0 spiro atoms. The van der Waals surface area contributed by atoms with Crippen molar-refractivity contribution in [3.05, 3.63) is 57.8 Å². The van der Waals surface area contributed by atoms with Gasteiger partial charge in [-0.1, -0.05) is 37.1 Å². The summed E-state index contributed by atoms with van der Waals surface area (Å²) < 4.78 is 7.98. The van der Waals surface area contributed by atoms with Gasteiger partial charge in [-0.3, -0.25) is 0 Å². The Morgan fingerprint density at radius 3 is 2.96 bits per heavy atom. The molecule has 5 nitrogen and oxygen atoms in total. The molecule has 0 aliphatic heterocycles. The predicted molar refractivity (Wildman–Crippen MR) is 113 cm³/mol. The molecule has 4 aromatic rings. The molecule has 0 fully saturated rings. The monoisotopic (exact) mass is 413 g/mol. The van der Waals surface area contributed by atoms with E-state index in [0.29, 0.717) is 16.4 Å². The Kier molecular flexibility index (Phi) is 5.33. The van der Waals surface area contributed by atoms with Crippen molar-refractivity contribution in [2.75, 3.05) is 7.11 Å². The quantitative estimate of drug-likeness (QED) is 0.393. The summed E-state index contributed by atoms with van der Waals surface area (Å²) in [6.07, 6.45) is 4.93. The molecular weight excluding hydrogens is 394 g/mol. The molecule has 0 N–H and O–H groups in total. The van der Waals surface area contributed by atoms with Gasteiger partial charge in [0.25, 0.3) is 0 Å². The number of aryl methyl sites for hydroxylation is 1. The van der Waals surface area contributed by atoms with Gasteiger partial charge in [-0.2, -0.15) is 0 Å². The molecule has 0 aliphatic carbocycles. The second-order valence-corrected chi connectivity index (χ2v) is 8.06. The smallest absolute Gasteiger partial charge is 0.349 e. The van der Waals surface area contributed by atoms with Gasteiger partial charge in [0.1, 0.15) is 16.2 Å². The largest absolute Gasteiger partial charge is 0.465 e. The van der Waals surface area contributed by atoms with Gasteiger partial charge in [-0.05, 0) is 30.2 Å². The van der Waals surface area contributed by atoms with Crippen LogP contribution in [0.2, 0.25) is 5.02 Å². The minimum Gasteiger partial charge on any atom is -0.465 e. The van der Waals surface area contributed by atoms with Gasteiger partial charge in [0, 0.05) is 22.7 Å². The molecule has 3 aromatic heterocycles. The summed E-state index contributed by atoms with van der Waals surface area (Å²) in [6, 6.07) is 10.0. The van der Waals surface area contributed by atoms with E-state index in [0.717, 1.165) is 51.9 Å². The lowest BCUT2D eigenvalue weighted by molar-refractivity contribution is 0.0606. The number of carbonyl (C=O) groups is 1.